The van der Waals surface area contributed by atoms with Gasteiger partial charge in [-0.15, -0.1) is 5.11 Å². The van der Waals surface area contributed by atoms with Crippen molar-refractivity contribution in [1.29, 1.82) is 0 Å². The van der Waals surface area contributed by atoms with Crippen LogP contribution in [0.3, 0.4) is 0 Å². The van der Waals surface area contributed by atoms with E-state index in [-0.39, 0.29) is 0 Å². The summed E-state index contributed by atoms with van der Waals surface area (Å²) >= 11 is 0. The van der Waals surface area contributed by atoms with Crippen LogP contribution in [0.25, 0.3) is 0 Å². The van der Waals surface area contributed by atoms with E-state index in [4.69, 9.17) is 15.2 Å². The molecule has 0 saturated carbocycles. The Morgan fingerprint density at radius 2 is 1.76 bits per heavy atom. The number of rotatable bonds is 5. The molecule has 0 aliphatic heterocycles. The third-order valence-electron chi connectivity index (χ3n) is 2.66. The first kappa shape index (κ1) is 14.5. The van der Waals surface area contributed by atoms with E-state index in [1.807, 2.05) is 18.2 Å². The summed E-state index contributed by atoms with van der Waals surface area (Å²) < 4.78 is 10.0. The maximum Gasteiger partial charge on any atom is 0.406 e. The van der Waals surface area contributed by atoms with E-state index in [2.05, 4.69) is 10.2 Å². The lowest BCUT2D eigenvalue weighted by atomic mass is 10.2. The largest absolute Gasteiger partial charge is 0.497 e. The molecule has 2 N–H and O–H groups in total. The average Bonchev–Trinajstić information content (AvgIpc) is 2.52. The first-order valence-corrected chi connectivity index (χ1v) is 6.25. The van der Waals surface area contributed by atoms with Crippen LogP contribution < -0.4 is 10.5 Å². The van der Waals surface area contributed by atoms with Gasteiger partial charge in [0.15, 0.2) is 0 Å². The Kier molecular flexibility index (Phi) is 4.87. The number of carbonyl (C=O) groups is 1. The average molecular weight is 285 g/mol. The van der Waals surface area contributed by atoms with Crippen molar-refractivity contribution < 1.29 is 14.3 Å². The molecule has 0 bridgehead atoms. The molecule has 2 rings (SSSR count). The van der Waals surface area contributed by atoms with Gasteiger partial charge < -0.3 is 15.2 Å². The molecular weight excluding hydrogens is 270 g/mol. The predicted octanol–water partition coefficient (Wildman–Crippen LogP) is 3.57. The van der Waals surface area contributed by atoms with Gasteiger partial charge in [-0.2, -0.15) is 5.11 Å². The van der Waals surface area contributed by atoms with Crippen LogP contribution in [-0.4, -0.2) is 13.2 Å². The van der Waals surface area contributed by atoms with Crippen molar-refractivity contribution in [2.75, 3.05) is 7.11 Å². The summed E-state index contributed by atoms with van der Waals surface area (Å²) in [5.41, 5.74) is 6.36. The molecule has 0 fully saturated rings. The predicted molar refractivity (Wildman–Crippen MR) is 77.4 cm³/mol. The molecule has 0 aromatic heterocycles. The minimum atomic E-state index is -0.905. The fourth-order valence-electron chi connectivity index (χ4n) is 1.65. The lowest BCUT2D eigenvalue weighted by Crippen LogP contribution is -2.16. The van der Waals surface area contributed by atoms with E-state index in [9.17, 15) is 4.79 Å². The first-order valence-electron chi connectivity index (χ1n) is 6.25. The molecule has 108 valence electrons. The zero-order valence-corrected chi connectivity index (χ0v) is 11.5. The highest BCUT2D eigenvalue weighted by molar-refractivity contribution is 5.65. The molecule has 0 radical (unpaired) electrons. The van der Waals surface area contributed by atoms with E-state index < -0.39 is 12.3 Å². The second-order valence-corrected chi connectivity index (χ2v) is 4.11. The summed E-state index contributed by atoms with van der Waals surface area (Å²) in [6, 6.07) is 16.1. The molecule has 2 aromatic carbocycles. The van der Waals surface area contributed by atoms with Gasteiger partial charge in [-0.25, -0.2) is 4.79 Å². The molecule has 6 heteroatoms. The van der Waals surface area contributed by atoms with Crippen molar-refractivity contribution in [2.45, 2.75) is 6.23 Å². The van der Waals surface area contributed by atoms with Gasteiger partial charge in [-0.1, -0.05) is 30.3 Å². The maximum absolute atomic E-state index is 11.0. The van der Waals surface area contributed by atoms with Crippen molar-refractivity contribution >= 4 is 11.8 Å². The number of carbonyl (C=O) groups excluding carboxylic acids is 1. The van der Waals surface area contributed by atoms with Gasteiger partial charge >= 0.3 is 6.09 Å². The monoisotopic (exact) mass is 285 g/mol. The van der Waals surface area contributed by atoms with Crippen LogP contribution in [0.4, 0.5) is 10.5 Å². The van der Waals surface area contributed by atoms with Crippen LogP contribution in [0, 0.1) is 0 Å². The van der Waals surface area contributed by atoms with Gasteiger partial charge in [-0.05, 0) is 24.3 Å². The second kappa shape index (κ2) is 7.04. The Labute approximate surface area is 122 Å². The summed E-state index contributed by atoms with van der Waals surface area (Å²) in [6.07, 6.45) is -1.77. The number of amides is 1. The summed E-state index contributed by atoms with van der Waals surface area (Å²) in [6.45, 7) is 0. The van der Waals surface area contributed by atoms with E-state index in [1.54, 1.807) is 43.5 Å². The highest BCUT2D eigenvalue weighted by atomic mass is 16.6. The molecule has 1 atom stereocenters. The van der Waals surface area contributed by atoms with Gasteiger partial charge in [-0.3, -0.25) is 0 Å². The quantitative estimate of drug-likeness (QED) is 0.852. The Morgan fingerprint density at radius 1 is 1.10 bits per heavy atom. The zero-order chi connectivity index (χ0) is 15.1. The van der Waals surface area contributed by atoms with E-state index >= 15 is 0 Å². The van der Waals surface area contributed by atoms with Crippen LogP contribution in [0.2, 0.25) is 0 Å². The Bertz CT molecular complexity index is 612. The number of ether oxygens (including phenoxy) is 2. The van der Waals surface area contributed by atoms with Gasteiger partial charge in [0.2, 0.25) is 6.23 Å². The Balaban J connectivity index is 2.17. The van der Waals surface area contributed by atoms with E-state index in [0.717, 1.165) is 5.75 Å². The van der Waals surface area contributed by atoms with Crippen LogP contribution in [0.5, 0.6) is 5.75 Å². The summed E-state index contributed by atoms with van der Waals surface area (Å²) in [7, 11) is 1.59. The third kappa shape index (κ3) is 4.31. The Hall–Kier alpha value is -2.89. The van der Waals surface area contributed by atoms with Crippen molar-refractivity contribution in [2.24, 2.45) is 16.0 Å². The smallest absolute Gasteiger partial charge is 0.406 e. The van der Waals surface area contributed by atoms with E-state index in [0.29, 0.717) is 11.3 Å². The fraction of sp³-hybridized carbons (Fsp3) is 0.133. The van der Waals surface area contributed by atoms with Crippen LogP contribution in [0.15, 0.2) is 64.8 Å². The van der Waals surface area contributed by atoms with Crippen LogP contribution in [-0.2, 0) is 4.74 Å². The molecule has 0 aliphatic rings. The molecule has 21 heavy (non-hydrogen) atoms. The molecule has 0 aliphatic carbocycles. The highest BCUT2D eigenvalue weighted by Gasteiger charge is 2.13. The third-order valence-corrected chi connectivity index (χ3v) is 2.66. The van der Waals surface area contributed by atoms with Crippen LogP contribution in [0.1, 0.15) is 11.8 Å². The zero-order valence-electron chi connectivity index (χ0n) is 11.5. The van der Waals surface area contributed by atoms with Crippen molar-refractivity contribution in [3.63, 3.8) is 0 Å². The summed E-state index contributed by atoms with van der Waals surface area (Å²) in [4.78, 5) is 11.0. The highest BCUT2D eigenvalue weighted by Crippen LogP contribution is 2.23. The molecule has 0 spiro atoms. The SMILES string of the molecule is COc1ccc(N=NC(OC(N)=O)c2ccccc2)cc1. The molecule has 2 aromatic rings. The molecule has 1 amide bonds. The minimum absolute atomic E-state index is 0.616. The van der Waals surface area contributed by atoms with Crippen LogP contribution >= 0.6 is 0 Å². The van der Waals surface area contributed by atoms with Crippen molar-refractivity contribution in [3.8, 4) is 5.75 Å². The summed E-state index contributed by atoms with van der Waals surface area (Å²) in [5.74, 6) is 0.724. The number of primary amides is 1. The fourth-order valence-corrected chi connectivity index (χ4v) is 1.65. The van der Waals surface area contributed by atoms with Gasteiger partial charge in [0.05, 0.1) is 12.8 Å². The van der Waals surface area contributed by atoms with E-state index in [1.165, 1.54) is 0 Å². The first-order chi connectivity index (χ1) is 10.2. The lowest BCUT2D eigenvalue weighted by molar-refractivity contribution is 0.108. The Morgan fingerprint density at radius 3 is 2.33 bits per heavy atom. The van der Waals surface area contributed by atoms with Gasteiger partial charge in [0.1, 0.15) is 5.75 Å². The number of azo groups is 1. The molecule has 1 unspecified atom stereocenters. The lowest BCUT2D eigenvalue weighted by Gasteiger charge is -2.10. The maximum atomic E-state index is 11.0. The number of benzene rings is 2. The second-order valence-electron chi connectivity index (χ2n) is 4.11. The molecule has 6 nitrogen and oxygen atoms in total. The number of nitrogens with zero attached hydrogens (tertiary/aromatic N) is 2. The minimum Gasteiger partial charge on any atom is -0.497 e. The van der Waals surface area contributed by atoms with Crippen molar-refractivity contribution in [1.82, 2.24) is 0 Å². The number of nitrogens with two attached hydrogens (primary N) is 1. The molecular formula is C15H15N3O3. The van der Waals surface area contributed by atoms with Gasteiger partial charge in [0, 0.05) is 5.56 Å². The van der Waals surface area contributed by atoms with Crippen molar-refractivity contribution in [3.05, 3.63) is 60.2 Å². The number of methoxy groups -OCH3 is 1. The topological polar surface area (TPSA) is 86.3 Å². The summed E-state index contributed by atoms with van der Waals surface area (Å²) in [5, 5.41) is 8.07. The number of hydrogen-bond acceptors (Lipinski definition) is 5. The molecule has 0 heterocycles. The standard InChI is InChI=1S/C15H15N3O3/c1-20-13-9-7-12(8-10-13)17-18-14(21-15(16)19)11-5-3-2-4-6-11/h2-10,14H,1H3,(H2,16,19). The normalized spacial score (nSPS) is 12.0. The van der Waals surface area contributed by atoms with Gasteiger partial charge in [0.25, 0.3) is 0 Å². The molecule has 0 saturated heterocycles. The number of hydrogen-bond donors (Lipinski definition) is 1.